The quantitative estimate of drug-likeness (QED) is 0.125. The number of nitrogens with one attached hydrogen (secondary N) is 2. The van der Waals surface area contributed by atoms with E-state index in [1.807, 2.05) is 13.8 Å². The van der Waals surface area contributed by atoms with Gasteiger partial charge in [-0.1, -0.05) is 25.5 Å². The van der Waals surface area contributed by atoms with Gasteiger partial charge in [-0.05, 0) is 88.4 Å². The van der Waals surface area contributed by atoms with Gasteiger partial charge in [0.15, 0.2) is 0 Å². The summed E-state index contributed by atoms with van der Waals surface area (Å²) >= 11 is 0. The van der Waals surface area contributed by atoms with Gasteiger partial charge in [0, 0.05) is 69.1 Å². The van der Waals surface area contributed by atoms with Crippen LogP contribution in [0.5, 0.6) is 5.75 Å². The summed E-state index contributed by atoms with van der Waals surface area (Å²) < 4.78 is 12.7. The molecule has 4 atom stereocenters. The maximum atomic E-state index is 14.4. The molecule has 1 aliphatic heterocycles. The number of amides is 4. The zero-order chi connectivity index (χ0) is 39.0. The first-order valence-corrected chi connectivity index (χ1v) is 18.9. The monoisotopic (exact) mass is 744 g/mol. The third-order valence-electron chi connectivity index (χ3n) is 9.61. The van der Waals surface area contributed by atoms with E-state index in [1.165, 1.54) is 0 Å². The zero-order valence-corrected chi connectivity index (χ0v) is 32.0. The number of rotatable bonds is 13. The van der Waals surface area contributed by atoms with E-state index < -0.39 is 6.04 Å². The molecule has 4 amide bonds. The molecule has 1 aliphatic rings. The molecule has 292 valence electrons. The second-order valence-electron chi connectivity index (χ2n) is 14.2. The molecule has 2 heterocycles. The molecule has 0 saturated heterocycles. The number of nitrogen functional groups attached to an aromatic ring is 1. The van der Waals surface area contributed by atoms with E-state index in [1.54, 1.807) is 90.8 Å². The molecule has 3 aromatic rings. The lowest BCUT2D eigenvalue weighted by Crippen LogP contribution is -2.48. The Hall–Kier alpha value is -5.01. The van der Waals surface area contributed by atoms with Gasteiger partial charge in [-0.25, -0.2) is 0 Å². The summed E-state index contributed by atoms with van der Waals surface area (Å²) in [6, 6.07) is 15.0. The first-order valence-electron chi connectivity index (χ1n) is 18.9. The second-order valence-corrected chi connectivity index (χ2v) is 14.2. The van der Waals surface area contributed by atoms with E-state index in [-0.39, 0.29) is 66.9 Å². The lowest BCUT2D eigenvalue weighted by molar-refractivity contribution is -0.116. The van der Waals surface area contributed by atoms with Crippen molar-refractivity contribution in [1.82, 2.24) is 14.8 Å². The lowest BCUT2D eigenvalue weighted by Gasteiger charge is -2.36. The minimum absolute atomic E-state index is 0.131. The highest BCUT2D eigenvalue weighted by atomic mass is 16.5. The molecule has 2 aromatic carbocycles. The number of hydrogen-bond acceptors (Lipinski definition) is 9. The number of benzene rings is 2. The number of anilines is 3. The fourth-order valence-corrected chi connectivity index (χ4v) is 6.33. The van der Waals surface area contributed by atoms with E-state index in [2.05, 4.69) is 15.6 Å². The molecule has 13 heteroatoms. The van der Waals surface area contributed by atoms with Gasteiger partial charge in [0.05, 0.1) is 41.8 Å². The van der Waals surface area contributed by atoms with Crippen molar-refractivity contribution in [2.45, 2.75) is 90.4 Å². The number of hydrogen-bond donors (Lipinski definition) is 4. The summed E-state index contributed by atoms with van der Waals surface area (Å²) in [4.78, 5) is 60.2. The Morgan fingerprint density at radius 1 is 1.00 bits per heavy atom. The summed E-state index contributed by atoms with van der Waals surface area (Å²) in [5.41, 5.74) is 8.24. The lowest BCUT2D eigenvalue weighted by atomic mass is 10.0. The molecule has 1 aromatic heterocycles. The van der Waals surface area contributed by atoms with E-state index >= 15 is 0 Å². The van der Waals surface area contributed by atoms with Crippen LogP contribution in [0, 0.1) is 5.92 Å². The van der Waals surface area contributed by atoms with Gasteiger partial charge in [-0.15, -0.1) is 0 Å². The first kappa shape index (κ1) is 41.7. The van der Waals surface area contributed by atoms with Crippen LogP contribution in [-0.4, -0.2) is 95.1 Å². The van der Waals surface area contributed by atoms with E-state index in [9.17, 15) is 24.3 Å². The van der Waals surface area contributed by atoms with Crippen molar-refractivity contribution < 1.29 is 33.8 Å². The summed E-state index contributed by atoms with van der Waals surface area (Å²) in [5, 5.41) is 16.0. The molecule has 0 fully saturated rings. The Balaban J connectivity index is 1.44. The highest BCUT2D eigenvalue weighted by molar-refractivity contribution is 6.00. The van der Waals surface area contributed by atoms with Crippen LogP contribution in [0.15, 0.2) is 67.0 Å². The van der Waals surface area contributed by atoms with Gasteiger partial charge in [0.1, 0.15) is 5.75 Å². The molecule has 5 N–H and O–H groups in total. The predicted molar refractivity (Wildman–Crippen MR) is 209 cm³/mol. The third kappa shape index (κ3) is 12.6. The molecule has 54 heavy (non-hydrogen) atoms. The van der Waals surface area contributed by atoms with Gasteiger partial charge < -0.3 is 40.7 Å². The number of carbonyl (C=O) groups excluding carboxylic acids is 4. The fraction of sp³-hybridized carbons (Fsp3) is 0.488. The number of nitrogens with zero attached hydrogens (tertiary/aromatic N) is 3. The highest BCUT2D eigenvalue weighted by Gasteiger charge is 2.31. The Morgan fingerprint density at radius 2 is 1.70 bits per heavy atom. The van der Waals surface area contributed by atoms with Crippen LogP contribution in [0.25, 0.3) is 0 Å². The minimum Gasteiger partial charge on any atom is -0.490 e. The molecule has 0 spiro atoms. The van der Waals surface area contributed by atoms with Crippen molar-refractivity contribution in [2.24, 2.45) is 5.92 Å². The number of aromatic nitrogens is 1. The van der Waals surface area contributed by atoms with Crippen LogP contribution in [-0.2, 0) is 14.3 Å². The van der Waals surface area contributed by atoms with Crippen molar-refractivity contribution >= 4 is 40.7 Å². The number of carbonyl (C=O) groups is 4. The van der Waals surface area contributed by atoms with Gasteiger partial charge in [0.2, 0.25) is 11.8 Å². The van der Waals surface area contributed by atoms with Crippen molar-refractivity contribution in [3.63, 3.8) is 0 Å². The Bertz CT molecular complexity index is 1690. The van der Waals surface area contributed by atoms with Gasteiger partial charge >= 0.3 is 0 Å². The Morgan fingerprint density at radius 3 is 2.41 bits per heavy atom. The van der Waals surface area contributed by atoms with Gasteiger partial charge in [-0.3, -0.25) is 24.2 Å². The average Bonchev–Trinajstić information content (AvgIpc) is 3.16. The van der Waals surface area contributed by atoms with Crippen molar-refractivity contribution in [3.8, 4) is 5.75 Å². The first-order chi connectivity index (χ1) is 26.0. The average molecular weight is 745 g/mol. The fourth-order valence-electron chi connectivity index (χ4n) is 6.33. The van der Waals surface area contributed by atoms with Gasteiger partial charge in [0.25, 0.3) is 11.8 Å². The minimum atomic E-state index is -0.541. The zero-order valence-electron chi connectivity index (χ0n) is 32.0. The summed E-state index contributed by atoms with van der Waals surface area (Å²) in [6.07, 6.45) is 7.39. The molecule has 0 radical (unpaired) electrons. The van der Waals surface area contributed by atoms with Crippen LogP contribution in [0.1, 0.15) is 92.9 Å². The normalized spacial score (nSPS) is 18.7. The topological polar surface area (TPSA) is 176 Å². The molecule has 0 saturated carbocycles. The molecule has 13 nitrogen and oxygen atoms in total. The number of fused-ring (bicyclic) bond motifs is 1. The maximum absolute atomic E-state index is 14.4. The molecular formula is C41H56N6O7. The van der Waals surface area contributed by atoms with Crippen LogP contribution >= 0.6 is 0 Å². The van der Waals surface area contributed by atoms with Gasteiger partial charge in [-0.2, -0.15) is 0 Å². The summed E-state index contributed by atoms with van der Waals surface area (Å²) in [6.45, 7) is 6.48. The third-order valence-corrected chi connectivity index (χ3v) is 9.61. The predicted octanol–water partition coefficient (Wildman–Crippen LogP) is 5.76. The number of ether oxygens (including phenoxy) is 2. The number of unbranched alkanes of at least 4 members (excludes halogenated alkanes) is 2. The number of nitrogens with two attached hydrogens (primary N) is 1. The second kappa shape index (κ2) is 21.0. The maximum Gasteiger partial charge on any atom is 0.258 e. The largest absolute Gasteiger partial charge is 0.490 e. The standard InChI is InChI=1S/C41H56N6O7/c1-28-25-47(29(2)27-48)41(52)33-24-32(44-38(49)15-6-5-7-16-39(50)45-35-14-9-8-13-34(35)42)17-18-36(33)54-30(3)12-10-11-23-53-37(28)26-46(4)40(51)31-19-21-43-22-20-31/h8-9,13-14,17-22,24,28-30,37,48H,5-7,10-12,15-16,23,25-27,42H2,1-4H3,(H,44,49)(H,45,50)/t28-,29+,30+,37+/m0/s1. The summed E-state index contributed by atoms with van der Waals surface area (Å²) in [7, 11) is 1.73. The SMILES string of the molecule is C[C@@H]1CCCCO[C@H](CN(C)C(=O)c2ccncc2)[C@@H](C)CN([C@H](C)CO)C(=O)c2cc(NC(=O)CCCCCC(=O)Nc3ccccc3N)ccc2O1. The number of pyridine rings is 1. The van der Waals surface area contributed by atoms with Crippen LogP contribution < -0.4 is 21.1 Å². The van der Waals surface area contributed by atoms with Crippen LogP contribution in [0.4, 0.5) is 17.1 Å². The number of aliphatic hydroxyl groups excluding tert-OH is 1. The van der Waals surface area contributed by atoms with Crippen molar-refractivity contribution in [3.05, 3.63) is 78.1 Å². The molecule has 0 bridgehead atoms. The smallest absolute Gasteiger partial charge is 0.258 e. The highest BCUT2D eigenvalue weighted by Crippen LogP contribution is 2.29. The Kier molecular flexibility index (Phi) is 16.3. The Labute approximate surface area is 318 Å². The van der Waals surface area contributed by atoms with E-state index in [0.29, 0.717) is 67.2 Å². The molecule has 4 rings (SSSR count). The molecule has 0 aliphatic carbocycles. The number of aliphatic hydroxyl groups is 1. The molecular weight excluding hydrogens is 688 g/mol. The van der Waals surface area contributed by atoms with Crippen LogP contribution in [0.2, 0.25) is 0 Å². The number of likely N-dealkylation sites (N-methyl/N-ethyl adjacent to an activating group) is 1. The van der Waals surface area contributed by atoms with E-state index in [0.717, 1.165) is 19.3 Å². The molecule has 0 unspecified atom stereocenters. The van der Waals surface area contributed by atoms with E-state index in [4.69, 9.17) is 15.2 Å². The summed E-state index contributed by atoms with van der Waals surface area (Å²) in [5.74, 6) is -0.665. The van der Waals surface area contributed by atoms with Crippen molar-refractivity contribution in [1.29, 1.82) is 0 Å². The number of para-hydroxylation sites is 2. The van der Waals surface area contributed by atoms with Crippen molar-refractivity contribution in [2.75, 3.05) is 49.7 Å². The van der Waals surface area contributed by atoms with Crippen LogP contribution in [0.3, 0.4) is 0 Å².